The van der Waals surface area contributed by atoms with Gasteiger partial charge in [0, 0.05) is 6.04 Å². The number of hydrogen-bond acceptors (Lipinski definition) is 2. The summed E-state index contributed by atoms with van der Waals surface area (Å²) in [6.07, 6.45) is 5.85. The lowest BCUT2D eigenvalue weighted by atomic mass is 10.1. The van der Waals surface area contributed by atoms with Gasteiger partial charge in [-0.15, -0.1) is 0 Å². The predicted octanol–water partition coefficient (Wildman–Crippen LogP) is 1.04. The highest BCUT2D eigenvalue weighted by atomic mass is 16.2. The summed E-state index contributed by atoms with van der Waals surface area (Å²) in [5.74, 6) is 0.890. The summed E-state index contributed by atoms with van der Waals surface area (Å²) < 4.78 is 0. The van der Waals surface area contributed by atoms with Crippen molar-refractivity contribution in [2.24, 2.45) is 5.92 Å². The number of rotatable bonds is 2. The van der Waals surface area contributed by atoms with Gasteiger partial charge in [-0.3, -0.25) is 4.79 Å². The van der Waals surface area contributed by atoms with Gasteiger partial charge in [0.15, 0.2) is 0 Å². The molecule has 0 spiro atoms. The summed E-state index contributed by atoms with van der Waals surface area (Å²) in [5, 5.41) is 6.40. The molecular formula is C11H20N2O. The monoisotopic (exact) mass is 196 g/mol. The molecule has 1 saturated heterocycles. The minimum absolute atomic E-state index is 0.0859. The van der Waals surface area contributed by atoms with Gasteiger partial charge in [0.05, 0.1) is 6.04 Å². The third-order valence-corrected chi connectivity index (χ3v) is 3.57. The number of nitrogens with one attached hydrogen (secondary N) is 2. The molecule has 2 fully saturated rings. The molecule has 0 bridgehead atoms. The molecule has 3 heteroatoms. The molecule has 2 aliphatic rings. The fourth-order valence-electron chi connectivity index (χ4n) is 2.55. The van der Waals surface area contributed by atoms with Gasteiger partial charge in [-0.2, -0.15) is 0 Å². The van der Waals surface area contributed by atoms with Crippen LogP contribution >= 0.6 is 0 Å². The predicted molar refractivity (Wildman–Crippen MR) is 56.0 cm³/mol. The minimum Gasteiger partial charge on any atom is -0.352 e. The zero-order valence-corrected chi connectivity index (χ0v) is 8.88. The van der Waals surface area contributed by atoms with E-state index in [-0.39, 0.29) is 11.9 Å². The van der Waals surface area contributed by atoms with Crippen molar-refractivity contribution >= 4 is 5.91 Å². The highest BCUT2D eigenvalue weighted by Crippen LogP contribution is 2.24. The Kier molecular flexibility index (Phi) is 3.06. The first-order valence-electron chi connectivity index (χ1n) is 5.81. The lowest BCUT2D eigenvalue weighted by molar-refractivity contribution is -0.123. The summed E-state index contributed by atoms with van der Waals surface area (Å²) in [5.41, 5.74) is 0. The van der Waals surface area contributed by atoms with E-state index >= 15 is 0 Å². The normalized spacial score (nSPS) is 37.4. The Morgan fingerprint density at radius 2 is 2.14 bits per heavy atom. The van der Waals surface area contributed by atoms with Crippen molar-refractivity contribution in [2.75, 3.05) is 6.54 Å². The average Bonchev–Trinajstić information content (AvgIpc) is 2.77. The summed E-state index contributed by atoms with van der Waals surface area (Å²) >= 11 is 0. The molecule has 80 valence electrons. The summed E-state index contributed by atoms with van der Waals surface area (Å²) in [7, 11) is 0. The Labute approximate surface area is 85.6 Å². The van der Waals surface area contributed by atoms with E-state index in [0.717, 1.165) is 19.4 Å². The number of carbonyl (C=O) groups excluding carboxylic acids is 1. The van der Waals surface area contributed by atoms with Crippen molar-refractivity contribution < 1.29 is 4.79 Å². The molecule has 1 aliphatic heterocycles. The lowest BCUT2D eigenvalue weighted by Gasteiger charge is -2.19. The summed E-state index contributed by atoms with van der Waals surface area (Å²) in [6, 6.07) is 0.521. The van der Waals surface area contributed by atoms with Crippen LogP contribution in [-0.2, 0) is 4.79 Å². The molecule has 1 heterocycles. The van der Waals surface area contributed by atoms with E-state index in [9.17, 15) is 4.79 Å². The molecule has 14 heavy (non-hydrogen) atoms. The van der Waals surface area contributed by atoms with E-state index in [2.05, 4.69) is 17.6 Å². The van der Waals surface area contributed by atoms with Crippen molar-refractivity contribution in [3.05, 3.63) is 0 Å². The van der Waals surface area contributed by atoms with Gasteiger partial charge in [0.2, 0.25) is 5.91 Å². The van der Waals surface area contributed by atoms with Gasteiger partial charge >= 0.3 is 0 Å². The fraction of sp³-hybridized carbons (Fsp3) is 0.909. The molecule has 2 N–H and O–H groups in total. The van der Waals surface area contributed by atoms with Gasteiger partial charge in [-0.25, -0.2) is 0 Å². The first-order valence-corrected chi connectivity index (χ1v) is 5.81. The van der Waals surface area contributed by atoms with Crippen LogP contribution in [0.4, 0.5) is 0 Å². The SMILES string of the molecule is CC1CCCC1NC(=O)C1CCCN1. The molecule has 3 unspecified atom stereocenters. The van der Waals surface area contributed by atoms with Crippen molar-refractivity contribution in [2.45, 2.75) is 51.1 Å². The van der Waals surface area contributed by atoms with Gasteiger partial charge in [0.25, 0.3) is 0 Å². The number of carbonyl (C=O) groups is 1. The van der Waals surface area contributed by atoms with Gasteiger partial charge in [-0.05, 0) is 38.1 Å². The van der Waals surface area contributed by atoms with Crippen LogP contribution in [0, 0.1) is 5.92 Å². The van der Waals surface area contributed by atoms with Gasteiger partial charge in [0.1, 0.15) is 0 Å². The average molecular weight is 196 g/mol. The Bertz CT molecular complexity index is 211. The van der Waals surface area contributed by atoms with E-state index in [0.29, 0.717) is 12.0 Å². The van der Waals surface area contributed by atoms with Crippen molar-refractivity contribution in [1.82, 2.24) is 10.6 Å². The van der Waals surface area contributed by atoms with Crippen molar-refractivity contribution in [3.63, 3.8) is 0 Å². The topological polar surface area (TPSA) is 41.1 Å². The Balaban J connectivity index is 1.81. The third kappa shape index (κ3) is 2.08. The molecule has 0 aromatic carbocycles. The maximum absolute atomic E-state index is 11.8. The number of hydrogen-bond donors (Lipinski definition) is 2. The standard InChI is InChI=1S/C11H20N2O/c1-8-4-2-5-9(8)13-11(14)10-6-3-7-12-10/h8-10,12H,2-7H2,1H3,(H,13,14). The quantitative estimate of drug-likeness (QED) is 0.693. The summed E-state index contributed by atoms with van der Waals surface area (Å²) in [4.78, 5) is 11.8. The Morgan fingerprint density at radius 3 is 2.71 bits per heavy atom. The van der Waals surface area contributed by atoms with Crippen LogP contribution in [0.1, 0.15) is 39.0 Å². The second-order valence-electron chi connectivity index (χ2n) is 4.67. The third-order valence-electron chi connectivity index (χ3n) is 3.57. The number of amides is 1. The molecule has 1 aliphatic carbocycles. The van der Waals surface area contributed by atoms with Crippen LogP contribution in [0.3, 0.4) is 0 Å². The van der Waals surface area contributed by atoms with E-state index in [1.807, 2.05) is 0 Å². The van der Waals surface area contributed by atoms with E-state index in [4.69, 9.17) is 0 Å². The second-order valence-corrected chi connectivity index (χ2v) is 4.67. The molecule has 0 aromatic heterocycles. The van der Waals surface area contributed by atoms with Crippen molar-refractivity contribution in [1.29, 1.82) is 0 Å². The zero-order chi connectivity index (χ0) is 9.97. The first-order chi connectivity index (χ1) is 6.77. The second kappa shape index (κ2) is 4.30. The largest absolute Gasteiger partial charge is 0.352 e. The van der Waals surface area contributed by atoms with E-state index in [1.54, 1.807) is 0 Å². The van der Waals surface area contributed by atoms with Gasteiger partial charge < -0.3 is 10.6 Å². The maximum Gasteiger partial charge on any atom is 0.237 e. The van der Waals surface area contributed by atoms with Crippen LogP contribution in [-0.4, -0.2) is 24.5 Å². The van der Waals surface area contributed by atoms with Crippen LogP contribution in [0.15, 0.2) is 0 Å². The van der Waals surface area contributed by atoms with Gasteiger partial charge in [-0.1, -0.05) is 13.3 Å². The highest BCUT2D eigenvalue weighted by Gasteiger charge is 2.28. The van der Waals surface area contributed by atoms with E-state index < -0.39 is 0 Å². The molecule has 3 nitrogen and oxygen atoms in total. The molecule has 1 amide bonds. The smallest absolute Gasteiger partial charge is 0.237 e. The highest BCUT2D eigenvalue weighted by molar-refractivity contribution is 5.82. The van der Waals surface area contributed by atoms with Crippen LogP contribution < -0.4 is 10.6 Å². The fourth-order valence-corrected chi connectivity index (χ4v) is 2.55. The molecule has 0 radical (unpaired) electrons. The molecule has 0 aromatic rings. The zero-order valence-electron chi connectivity index (χ0n) is 8.88. The lowest BCUT2D eigenvalue weighted by Crippen LogP contribution is -2.45. The van der Waals surface area contributed by atoms with Crippen molar-refractivity contribution in [3.8, 4) is 0 Å². The molecular weight excluding hydrogens is 176 g/mol. The van der Waals surface area contributed by atoms with Crippen LogP contribution in [0.2, 0.25) is 0 Å². The molecule has 2 rings (SSSR count). The van der Waals surface area contributed by atoms with Crippen LogP contribution in [0.25, 0.3) is 0 Å². The maximum atomic E-state index is 11.8. The Hall–Kier alpha value is -0.570. The van der Waals surface area contributed by atoms with E-state index in [1.165, 1.54) is 19.3 Å². The summed E-state index contributed by atoms with van der Waals surface area (Å²) in [6.45, 7) is 3.23. The molecule has 1 saturated carbocycles. The Morgan fingerprint density at radius 1 is 1.29 bits per heavy atom. The minimum atomic E-state index is 0.0859. The first kappa shape index (κ1) is 9.97. The molecule has 3 atom stereocenters. The van der Waals surface area contributed by atoms with Crippen LogP contribution in [0.5, 0.6) is 0 Å².